The van der Waals surface area contributed by atoms with Crippen LogP contribution >= 0.6 is 0 Å². The van der Waals surface area contributed by atoms with Crippen LogP contribution in [0.1, 0.15) is 19.4 Å². The number of benzene rings is 2. The maximum Gasteiger partial charge on any atom is 0.243 e. The zero-order chi connectivity index (χ0) is 20.7. The van der Waals surface area contributed by atoms with E-state index < -0.39 is 10.0 Å². The maximum absolute atomic E-state index is 12.5. The predicted molar refractivity (Wildman–Crippen MR) is 110 cm³/mol. The summed E-state index contributed by atoms with van der Waals surface area (Å²) in [5.74, 6) is 1.70. The number of hydrogen-bond donors (Lipinski definition) is 0. The van der Waals surface area contributed by atoms with Gasteiger partial charge in [0.1, 0.15) is 5.75 Å². The smallest absolute Gasteiger partial charge is 0.243 e. The Kier molecular flexibility index (Phi) is 7.42. The number of ether oxygens (including phenoxy) is 3. The van der Waals surface area contributed by atoms with E-state index in [1.54, 1.807) is 63.9 Å². The maximum atomic E-state index is 12.5. The third-order valence-electron chi connectivity index (χ3n) is 4.27. The van der Waals surface area contributed by atoms with E-state index in [9.17, 15) is 8.42 Å². The van der Waals surface area contributed by atoms with Gasteiger partial charge >= 0.3 is 0 Å². The van der Waals surface area contributed by atoms with Gasteiger partial charge in [-0.05, 0) is 30.3 Å². The van der Waals surface area contributed by atoms with Gasteiger partial charge in [-0.15, -0.1) is 0 Å². The summed E-state index contributed by atoms with van der Waals surface area (Å²) >= 11 is 0. The molecular formula is C20H26N2O5S. The molecule has 0 aliphatic carbocycles. The van der Waals surface area contributed by atoms with Crippen molar-refractivity contribution in [2.75, 3.05) is 34.4 Å². The largest absolute Gasteiger partial charge is 0.496 e. The Morgan fingerprint density at radius 3 is 1.93 bits per heavy atom. The highest BCUT2D eigenvalue weighted by Crippen LogP contribution is 2.34. The molecule has 7 nitrogen and oxygen atoms in total. The highest BCUT2D eigenvalue weighted by molar-refractivity contribution is 7.89. The van der Waals surface area contributed by atoms with Crippen LogP contribution in [0.2, 0.25) is 0 Å². The van der Waals surface area contributed by atoms with Crippen molar-refractivity contribution in [3.05, 3.63) is 42.0 Å². The molecule has 0 heterocycles. The second-order valence-corrected chi connectivity index (χ2v) is 7.73. The lowest BCUT2D eigenvalue weighted by Gasteiger charge is -2.18. The van der Waals surface area contributed by atoms with Gasteiger partial charge in [-0.3, -0.25) is 4.99 Å². The molecule has 2 aromatic rings. The van der Waals surface area contributed by atoms with E-state index in [-0.39, 0.29) is 4.90 Å². The van der Waals surface area contributed by atoms with Crippen LogP contribution in [0.25, 0.3) is 0 Å². The van der Waals surface area contributed by atoms with Crippen molar-refractivity contribution >= 4 is 21.9 Å². The molecule has 2 rings (SSSR count). The number of rotatable bonds is 9. The van der Waals surface area contributed by atoms with Crippen LogP contribution in [0.4, 0.5) is 5.69 Å². The van der Waals surface area contributed by atoms with E-state index >= 15 is 0 Å². The second kappa shape index (κ2) is 9.57. The molecule has 0 aromatic heterocycles. The van der Waals surface area contributed by atoms with E-state index in [4.69, 9.17) is 14.2 Å². The van der Waals surface area contributed by atoms with Crippen molar-refractivity contribution in [1.82, 2.24) is 4.31 Å². The molecule has 0 amide bonds. The van der Waals surface area contributed by atoms with Gasteiger partial charge in [0.05, 0.1) is 31.9 Å². The number of sulfonamides is 1. The Morgan fingerprint density at radius 1 is 0.893 bits per heavy atom. The average molecular weight is 407 g/mol. The number of nitrogens with zero attached hydrogens (tertiary/aromatic N) is 2. The normalized spacial score (nSPS) is 11.8. The summed E-state index contributed by atoms with van der Waals surface area (Å²) in [5, 5.41) is 0. The highest BCUT2D eigenvalue weighted by Gasteiger charge is 2.21. The standard InChI is InChI=1S/C20H26N2O5S/c1-6-22(7-2)28(23,24)17-10-8-16(9-11-17)21-14-15-12-19(26-4)20(27-5)13-18(15)25-3/h8-14H,6-7H2,1-5H3. The fraction of sp³-hybridized carbons (Fsp3) is 0.350. The molecule has 0 aliphatic heterocycles. The van der Waals surface area contributed by atoms with Crippen LogP contribution in [0.5, 0.6) is 17.2 Å². The summed E-state index contributed by atoms with van der Waals surface area (Å²) in [4.78, 5) is 4.66. The molecule has 0 saturated carbocycles. The van der Waals surface area contributed by atoms with Crippen LogP contribution in [0.3, 0.4) is 0 Å². The molecule has 0 atom stereocenters. The van der Waals surface area contributed by atoms with Gasteiger partial charge in [0, 0.05) is 30.9 Å². The summed E-state index contributed by atoms with van der Waals surface area (Å²) in [6.45, 7) is 4.49. The Hall–Kier alpha value is -2.58. The Balaban J connectivity index is 2.31. The van der Waals surface area contributed by atoms with Crippen LogP contribution < -0.4 is 14.2 Å². The van der Waals surface area contributed by atoms with Gasteiger partial charge in [0.25, 0.3) is 0 Å². The number of methoxy groups -OCH3 is 3. The minimum Gasteiger partial charge on any atom is -0.496 e. The molecule has 2 aromatic carbocycles. The van der Waals surface area contributed by atoms with Crippen LogP contribution in [0, 0.1) is 0 Å². The first-order valence-corrected chi connectivity index (χ1v) is 10.3. The van der Waals surface area contributed by atoms with Crippen molar-refractivity contribution in [1.29, 1.82) is 0 Å². The third-order valence-corrected chi connectivity index (χ3v) is 6.33. The van der Waals surface area contributed by atoms with Crippen molar-refractivity contribution in [3.8, 4) is 17.2 Å². The first-order chi connectivity index (χ1) is 13.4. The molecule has 28 heavy (non-hydrogen) atoms. The summed E-state index contributed by atoms with van der Waals surface area (Å²) < 4.78 is 42.5. The van der Waals surface area contributed by atoms with Crippen LogP contribution in [0.15, 0.2) is 46.3 Å². The fourth-order valence-electron chi connectivity index (χ4n) is 2.71. The monoisotopic (exact) mass is 406 g/mol. The first-order valence-electron chi connectivity index (χ1n) is 8.85. The van der Waals surface area contributed by atoms with Crippen molar-refractivity contribution in [3.63, 3.8) is 0 Å². The molecule has 0 aliphatic rings. The summed E-state index contributed by atoms with van der Waals surface area (Å²) in [6.07, 6.45) is 1.63. The van der Waals surface area contributed by atoms with E-state index in [1.165, 1.54) is 4.31 Å². The zero-order valence-corrected chi connectivity index (χ0v) is 17.6. The second-order valence-electron chi connectivity index (χ2n) is 5.79. The zero-order valence-electron chi connectivity index (χ0n) is 16.8. The molecular weight excluding hydrogens is 380 g/mol. The number of hydrogen-bond acceptors (Lipinski definition) is 6. The Bertz CT molecular complexity index is 920. The Labute approximate surface area is 166 Å². The molecule has 0 spiro atoms. The average Bonchev–Trinajstić information content (AvgIpc) is 2.72. The summed E-state index contributed by atoms with van der Waals surface area (Å²) in [5.41, 5.74) is 1.33. The molecule has 0 unspecified atom stereocenters. The van der Waals surface area contributed by atoms with E-state index in [0.29, 0.717) is 41.6 Å². The summed E-state index contributed by atoms with van der Waals surface area (Å²) in [6, 6.07) is 9.94. The SMILES string of the molecule is CCN(CC)S(=O)(=O)c1ccc(N=Cc2cc(OC)c(OC)cc2OC)cc1. The van der Waals surface area contributed by atoms with Crippen LogP contribution in [-0.4, -0.2) is 53.4 Å². The molecule has 0 radical (unpaired) electrons. The molecule has 0 bridgehead atoms. The lowest BCUT2D eigenvalue weighted by Crippen LogP contribution is -2.30. The van der Waals surface area contributed by atoms with Gasteiger partial charge in [0.15, 0.2) is 11.5 Å². The molecule has 0 fully saturated rings. The van der Waals surface area contributed by atoms with Gasteiger partial charge < -0.3 is 14.2 Å². The quantitative estimate of drug-likeness (QED) is 0.596. The topological polar surface area (TPSA) is 77.4 Å². The van der Waals surface area contributed by atoms with E-state index in [0.717, 1.165) is 0 Å². The van der Waals surface area contributed by atoms with Crippen molar-refractivity contribution in [2.45, 2.75) is 18.7 Å². The van der Waals surface area contributed by atoms with Gasteiger partial charge in [-0.2, -0.15) is 4.31 Å². The lowest BCUT2D eigenvalue weighted by molar-refractivity contribution is 0.349. The molecule has 0 saturated heterocycles. The lowest BCUT2D eigenvalue weighted by atomic mass is 10.2. The first kappa shape index (κ1) is 21.7. The van der Waals surface area contributed by atoms with Gasteiger partial charge in [-0.1, -0.05) is 13.8 Å². The van der Waals surface area contributed by atoms with Crippen molar-refractivity contribution < 1.29 is 22.6 Å². The molecule has 152 valence electrons. The predicted octanol–water partition coefficient (Wildman–Crippen LogP) is 3.49. The minimum atomic E-state index is -3.48. The minimum absolute atomic E-state index is 0.249. The van der Waals surface area contributed by atoms with Crippen LogP contribution in [-0.2, 0) is 10.0 Å². The molecule has 0 N–H and O–H groups in total. The van der Waals surface area contributed by atoms with Gasteiger partial charge in [0.2, 0.25) is 10.0 Å². The third kappa shape index (κ3) is 4.63. The van der Waals surface area contributed by atoms with Crippen molar-refractivity contribution in [2.24, 2.45) is 4.99 Å². The van der Waals surface area contributed by atoms with E-state index in [1.807, 2.05) is 13.8 Å². The van der Waals surface area contributed by atoms with Gasteiger partial charge in [-0.25, -0.2) is 8.42 Å². The van der Waals surface area contributed by atoms with E-state index in [2.05, 4.69) is 4.99 Å². The fourth-order valence-corrected chi connectivity index (χ4v) is 4.17. The molecule has 8 heteroatoms. The highest BCUT2D eigenvalue weighted by atomic mass is 32.2. The summed E-state index contributed by atoms with van der Waals surface area (Å²) in [7, 11) is 1.19. The Morgan fingerprint density at radius 2 is 1.43 bits per heavy atom. The number of aliphatic imine (C=N–C) groups is 1.